The lowest BCUT2D eigenvalue weighted by Crippen LogP contribution is -1.99. The lowest BCUT2D eigenvalue weighted by atomic mass is 9.97. The molecule has 2 aromatic heterocycles. The minimum absolute atomic E-state index is 0.596. The van der Waals surface area contributed by atoms with Crippen LogP contribution >= 0.6 is 0 Å². The standard InChI is InChI=1S/C23H21N3O/c1-15-5-3-6-16(11-15)12-18-19-13-17(9-10-22(19)25-14-20(18)24)21-7-4-8-23(26-21)27-2/h3-11,13-14H,12,24H2,1-2H3. The number of fused-ring (bicyclic) bond motifs is 1. The second-order valence-electron chi connectivity index (χ2n) is 6.66. The first-order valence-electron chi connectivity index (χ1n) is 8.88. The minimum atomic E-state index is 0.596. The smallest absolute Gasteiger partial charge is 0.213 e. The van der Waals surface area contributed by atoms with Crippen molar-refractivity contribution in [3.63, 3.8) is 0 Å². The Balaban J connectivity index is 1.84. The van der Waals surface area contributed by atoms with Gasteiger partial charge in [-0.15, -0.1) is 0 Å². The van der Waals surface area contributed by atoms with Gasteiger partial charge in [-0.3, -0.25) is 4.98 Å². The van der Waals surface area contributed by atoms with Crippen LogP contribution in [0.4, 0.5) is 5.69 Å². The molecule has 4 nitrogen and oxygen atoms in total. The predicted octanol–water partition coefficient (Wildman–Crippen LogP) is 4.79. The van der Waals surface area contributed by atoms with Crippen LogP contribution in [0, 0.1) is 6.92 Å². The molecule has 4 rings (SSSR count). The molecule has 2 N–H and O–H groups in total. The fourth-order valence-corrected chi connectivity index (χ4v) is 3.33. The zero-order valence-corrected chi connectivity index (χ0v) is 15.4. The zero-order chi connectivity index (χ0) is 18.8. The third-order valence-corrected chi connectivity index (χ3v) is 4.70. The molecule has 2 aromatic carbocycles. The van der Waals surface area contributed by atoms with Gasteiger partial charge in [-0.05, 0) is 36.2 Å². The molecule has 0 amide bonds. The molecule has 4 aromatic rings. The van der Waals surface area contributed by atoms with Gasteiger partial charge in [0, 0.05) is 23.4 Å². The van der Waals surface area contributed by atoms with Crippen LogP contribution in [0.3, 0.4) is 0 Å². The first-order valence-corrected chi connectivity index (χ1v) is 8.88. The molecular weight excluding hydrogens is 334 g/mol. The molecule has 4 heteroatoms. The molecule has 0 spiro atoms. The number of hydrogen-bond acceptors (Lipinski definition) is 4. The lowest BCUT2D eigenvalue weighted by Gasteiger charge is -2.12. The molecule has 0 unspecified atom stereocenters. The summed E-state index contributed by atoms with van der Waals surface area (Å²) < 4.78 is 5.25. The maximum absolute atomic E-state index is 6.31. The average molecular weight is 355 g/mol. The van der Waals surface area contributed by atoms with E-state index in [0.717, 1.165) is 34.1 Å². The van der Waals surface area contributed by atoms with Crippen molar-refractivity contribution in [2.45, 2.75) is 13.3 Å². The van der Waals surface area contributed by atoms with Crippen molar-refractivity contribution in [2.75, 3.05) is 12.8 Å². The molecular formula is C23H21N3O. The van der Waals surface area contributed by atoms with Crippen molar-refractivity contribution in [3.8, 4) is 17.1 Å². The van der Waals surface area contributed by atoms with E-state index in [-0.39, 0.29) is 0 Å². The molecule has 0 radical (unpaired) electrons. The van der Waals surface area contributed by atoms with E-state index in [2.05, 4.69) is 47.2 Å². The minimum Gasteiger partial charge on any atom is -0.481 e. The number of methoxy groups -OCH3 is 1. The molecule has 0 saturated carbocycles. The van der Waals surface area contributed by atoms with Crippen LogP contribution in [0.2, 0.25) is 0 Å². The largest absolute Gasteiger partial charge is 0.481 e. The molecule has 0 aliphatic carbocycles. The van der Waals surface area contributed by atoms with Crippen molar-refractivity contribution in [1.82, 2.24) is 9.97 Å². The van der Waals surface area contributed by atoms with Crippen LogP contribution in [-0.4, -0.2) is 17.1 Å². The van der Waals surface area contributed by atoms with Crippen LogP contribution < -0.4 is 10.5 Å². The Morgan fingerprint density at radius 2 is 1.85 bits per heavy atom. The number of anilines is 1. The Hall–Kier alpha value is -3.40. The number of benzene rings is 2. The summed E-state index contributed by atoms with van der Waals surface area (Å²) >= 11 is 0. The molecule has 27 heavy (non-hydrogen) atoms. The van der Waals surface area contributed by atoms with Crippen molar-refractivity contribution >= 4 is 16.6 Å². The summed E-state index contributed by atoms with van der Waals surface area (Å²) in [5.41, 5.74) is 13.4. The summed E-state index contributed by atoms with van der Waals surface area (Å²) in [7, 11) is 1.62. The summed E-state index contributed by atoms with van der Waals surface area (Å²) in [5, 5.41) is 1.05. The van der Waals surface area contributed by atoms with E-state index in [1.54, 1.807) is 13.3 Å². The number of nitrogens with zero attached hydrogens (tertiary/aromatic N) is 2. The van der Waals surface area contributed by atoms with E-state index >= 15 is 0 Å². The van der Waals surface area contributed by atoms with Gasteiger partial charge in [0.25, 0.3) is 0 Å². The van der Waals surface area contributed by atoms with E-state index < -0.39 is 0 Å². The molecule has 0 bridgehead atoms. The number of nitrogens with two attached hydrogens (primary N) is 1. The topological polar surface area (TPSA) is 61.0 Å². The first-order chi connectivity index (χ1) is 13.1. The van der Waals surface area contributed by atoms with Crippen LogP contribution in [0.5, 0.6) is 5.88 Å². The fourth-order valence-electron chi connectivity index (χ4n) is 3.33. The first kappa shape index (κ1) is 17.0. The highest BCUT2D eigenvalue weighted by atomic mass is 16.5. The quantitative estimate of drug-likeness (QED) is 0.572. The summed E-state index contributed by atoms with van der Waals surface area (Å²) in [6.45, 7) is 2.10. The van der Waals surface area contributed by atoms with E-state index in [9.17, 15) is 0 Å². The normalized spacial score (nSPS) is 10.9. The van der Waals surface area contributed by atoms with E-state index in [1.807, 2.05) is 30.3 Å². The molecule has 2 heterocycles. The fraction of sp³-hybridized carbons (Fsp3) is 0.130. The summed E-state index contributed by atoms with van der Waals surface area (Å²) in [6.07, 6.45) is 2.51. The zero-order valence-electron chi connectivity index (χ0n) is 15.4. The molecule has 0 atom stereocenters. The van der Waals surface area contributed by atoms with Gasteiger partial charge in [0.2, 0.25) is 5.88 Å². The Kier molecular flexibility index (Phi) is 4.47. The van der Waals surface area contributed by atoms with Crippen molar-refractivity contribution in [2.24, 2.45) is 0 Å². The molecule has 0 aliphatic rings. The summed E-state index contributed by atoms with van der Waals surface area (Å²) in [4.78, 5) is 9.04. The van der Waals surface area contributed by atoms with E-state index in [4.69, 9.17) is 10.5 Å². The number of ether oxygens (including phenoxy) is 1. The van der Waals surface area contributed by atoms with Gasteiger partial charge in [0.1, 0.15) is 0 Å². The van der Waals surface area contributed by atoms with E-state index in [1.165, 1.54) is 11.1 Å². The number of nitrogen functional groups attached to an aromatic ring is 1. The molecule has 134 valence electrons. The highest BCUT2D eigenvalue weighted by Crippen LogP contribution is 2.29. The number of aromatic nitrogens is 2. The lowest BCUT2D eigenvalue weighted by molar-refractivity contribution is 0.398. The van der Waals surface area contributed by atoms with Crippen LogP contribution in [0.1, 0.15) is 16.7 Å². The Bertz CT molecular complexity index is 1120. The van der Waals surface area contributed by atoms with Crippen molar-refractivity contribution in [1.29, 1.82) is 0 Å². The van der Waals surface area contributed by atoms with Gasteiger partial charge in [0.15, 0.2) is 0 Å². The second kappa shape index (κ2) is 7.08. The van der Waals surface area contributed by atoms with Gasteiger partial charge in [-0.2, -0.15) is 0 Å². The van der Waals surface area contributed by atoms with Gasteiger partial charge < -0.3 is 10.5 Å². The Morgan fingerprint density at radius 1 is 1.00 bits per heavy atom. The SMILES string of the molecule is COc1cccc(-c2ccc3ncc(N)c(Cc4cccc(C)c4)c3c2)n1. The van der Waals surface area contributed by atoms with E-state index in [0.29, 0.717) is 11.6 Å². The maximum atomic E-state index is 6.31. The highest BCUT2D eigenvalue weighted by Gasteiger charge is 2.10. The summed E-state index contributed by atoms with van der Waals surface area (Å²) in [6, 6.07) is 20.4. The predicted molar refractivity (Wildman–Crippen MR) is 110 cm³/mol. The molecule has 0 aliphatic heterocycles. The molecule has 0 saturated heterocycles. The average Bonchev–Trinajstić information content (AvgIpc) is 2.70. The number of rotatable bonds is 4. The highest BCUT2D eigenvalue weighted by molar-refractivity contribution is 5.90. The number of pyridine rings is 2. The third-order valence-electron chi connectivity index (χ3n) is 4.70. The van der Waals surface area contributed by atoms with Crippen LogP contribution in [0.25, 0.3) is 22.2 Å². The number of hydrogen-bond donors (Lipinski definition) is 1. The van der Waals surface area contributed by atoms with Crippen molar-refractivity contribution in [3.05, 3.63) is 83.6 Å². The Morgan fingerprint density at radius 3 is 2.67 bits per heavy atom. The Labute approximate surface area is 158 Å². The van der Waals surface area contributed by atoms with Gasteiger partial charge >= 0.3 is 0 Å². The van der Waals surface area contributed by atoms with Crippen LogP contribution in [0.15, 0.2) is 66.9 Å². The van der Waals surface area contributed by atoms with Gasteiger partial charge in [0.05, 0.1) is 30.2 Å². The monoisotopic (exact) mass is 355 g/mol. The van der Waals surface area contributed by atoms with Gasteiger partial charge in [-0.25, -0.2) is 4.98 Å². The second-order valence-corrected chi connectivity index (χ2v) is 6.66. The molecule has 0 fully saturated rings. The van der Waals surface area contributed by atoms with Crippen LogP contribution in [-0.2, 0) is 6.42 Å². The van der Waals surface area contributed by atoms with Crippen molar-refractivity contribution < 1.29 is 4.74 Å². The summed E-state index contributed by atoms with van der Waals surface area (Å²) in [5.74, 6) is 0.596. The number of aryl methyl sites for hydroxylation is 1. The van der Waals surface area contributed by atoms with Gasteiger partial charge in [-0.1, -0.05) is 42.0 Å². The third kappa shape index (κ3) is 3.47. The maximum Gasteiger partial charge on any atom is 0.213 e.